The summed E-state index contributed by atoms with van der Waals surface area (Å²) in [5.74, 6) is 0. The molecule has 24 heavy (non-hydrogen) atoms. The van der Waals surface area contributed by atoms with Crippen molar-refractivity contribution in [2.24, 2.45) is 0 Å². The summed E-state index contributed by atoms with van der Waals surface area (Å²) in [7, 11) is -3.54. The fourth-order valence-electron chi connectivity index (χ4n) is 2.92. The van der Waals surface area contributed by atoms with E-state index in [9.17, 15) is 0 Å². The number of hydrogen-bond acceptors (Lipinski definition) is 5. The summed E-state index contributed by atoms with van der Waals surface area (Å²) in [6, 6.07) is 0. The molecule has 1 heterocycles. The lowest BCUT2D eigenvalue weighted by molar-refractivity contribution is -0.157. The van der Waals surface area contributed by atoms with Crippen LogP contribution < -0.4 is 0 Å². The monoisotopic (exact) mass is 394 g/mol. The van der Waals surface area contributed by atoms with Gasteiger partial charge in [-0.1, -0.05) is 0 Å². The minimum Gasteiger partial charge on any atom is -0.412 e. The minimum atomic E-state index is -1.77. The lowest BCUT2D eigenvalue weighted by Gasteiger charge is -2.36. The molecule has 1 saturated heterocycles. The summed E-state index contributed by atoms with van der Waals surface area (Å²) >= 11 is 0. The van der Waals surface area contributed by atoms with Gasteiger partial charge in [-0.3, -0.25) is 0 Å². The molecule has 1 fully saturated rings. The van der Waals surface area contributed by atoms with E-state index in [1.165, 1.54) is 0 Å². The quantitative estimate of drug-likeness (QED) is 0.581. The van der Waals surface area contributed by atoms with Crippen LogP contribution >= 0.6 is 0 Å². The smallest absolute Gasteiger partial charge is 0.185 e. The van der Waals surface area contributed by atoms with E-state index in [0.29, 0.717) is 0 Å². The lowest BCUT2D eigenvalue weighted by Crippen LogP contribution is -2.51. The van der Waals surface area contributed by atoms with Crippen LogP contribution in [0.15, 0.2) is 0 Å². The molecule has 0 saturated carbocycles. The highest BCUT2D eigenvalue weighted by atomic mass is 28.4. The molecule has 0 radical (unpaired) electrons. The average Bonchev–Trinajstić information content (AvgIpc) is 2.61. The van der Waals surface area contributed by atoms with Crippen LogP contribution in [0, 0.1) is 0 Å². The Morgan fingerprint density at radius 3 is 1.58 bits per heavy atom. The molecule has 0 aliphatic carbocycles. The Morgan fingerprint density at radius 2 is 1.21 bits per heavy atom. The first-order chi connectivity index (χ1) is 10.6. The predicted octanol–water partition coefficient (Wildman–Crippen LogP) is 4.04. The van der Waals surface area contributed by atoms with Gasteiger partial charge in [-0.25, -0.2) is 0 Å². The van der Waals surface area contributed by atoms with E-state index in [2.05, 4.69) is 65.8 Å². The third kappa shape index (κ3) is 7.37. The Hall–Kier alpha value is 0.451. The average molecular weight is 395 g/mol. The molecule has 5 atom stereocenters. The van der Waals surface area contributed by atoms with Gasteiger partial charge in [0, 0.05) is 7.11 Å². The first-order valence-corrected chi connectivity index (χ1v) is 19.1. The van der Waals surface area contributed by atoms with E-state index in [4.69, 9.17) is 22.8 Å². The molecular weight excluding hydrogens is 356 g/mol. The Morgan fingerprint density at radius 1 is 0.750 bits per heavy atom. The molecule has 0 N–H and O–H groups in total. The van der Waals surface area contributed by atoms with Crippen LogP contribution in [-0.2, 0) is 22.8 Å². The van der Waals surface area contributed by atoms with Gasteiger partial charge >= 0.3 is 0 Å². The fourth-order valence-corrected chi connectivity index (χ4v) is 6.31. The van der Waals surface area contributed by atoms with Gasteiger partial charge < -0.3 is 22.8 Å². The van der Waals surface area contributed by atoms with Crippen molar-refractivity contribution in [1.82, 2.24) is 0 Å². The topological polar surface area (TPSA) is 46.2 Å². The largest absolute Gasteiger partial charge is 0.412 e. The third-order valence-corrected chi connectivity index (χ3v) is 6.46. The van der Waals surface area contributed by atoms with Crippen LogP contribution in [0.4, 0.5) is 0 Å². The van der Waals surface area contributed by atoms with Crippen molar-refractivity contribution in [3.63, 3.8) is 0 Å². The van der Waals surface area contributed by atoms with Crippen LogP contribution in [-0.4, -0.2) is 62.8 Å². The number of ether oxygens (including phenoxy) is 2. The molecule has 144 valence electrons. The zero-order chi connectivity index (χ0) is 18.9. The molecule has 0 aromatic rings. The third-order valence-electron chi connectivity index (χ3n) is 3.42. The highest BCUT2D eigenvalue weighted by Gasteiger charge is 2.51. The second kappa shape index (κ2) is 7.99. The molecular formula is C16H38O5Si3. The van der Waals surface area contributed by atoms with Crippen molar-refractivity contribution in [2.45, 2.75) is 96.6 Å². The zero-order valence-corrected chi connectivity index (χ0v) is 20.4. The normalized spacial score (nSPS) is 30.6. The summed E-state index contributed by atoms with van der Waals surface area (Å²) < 4.78 is 31.0. The van der Waals surface area contributed by atoms with Gasteiger partial charge in [0.05, 0.1) is 6.10 Å². The van der Waals surface area contributed by atoms with Gasteiger partial charge in [0.1, 0.15) is 18.3 Å². The van der Waals surface area contributed by atoms with Crippen LogP contribution in [0.2, 0.25) is 58.9 Å². The Bertz CT molecular complexity index is 400. The molecule has 0 aromatic heterocycles. The zero-order valence-electron chi connectivity index (χ0n) is 17.4. The van der Waals surface area contributed by atoms with Crippen LogP contribution in [0.5, 0.6) is 0 Å². The molecule has 5 unspecified atom stereocenters. The molecule has 1 rings (SSSR count). The van der Waals surface area contributed by atoms with Gasteiger partial charge in [-0.05, 0) is 65.8 Å². The second-order valence-corrected chi connectivity index (χ2v) is 22.9. The maximum absolute atomic E-state index is 6.50. The van der Waals surface area contributed by atoms with Crippen molar-refractivity contribution in [3.05, 3.63) is 0 Å². The second-order valence-electron chi connectivity index (χ2n) is 9.53. The molecule has 1 aliphatic rings. The lowest BCUT2D eigenvalue weighted by atomic mass is 10.1. The minimum absolute atomic E-state index is 0.0501. The van der Waals surface area contributed by atoms with E-state index in [-0.39, 0.29) is 24.4 Å². The summed E-state index contributed by atoms with van der Waals surface area (Å²) in [6.07, 6.45) is -0.984. The summed E-state index contributed by atoms with van der Waals surface area (Å²) in [4.78, 5) is 0. The molecule has 8 heteroatoms. The molecule has 5 nitrogen and oxygen atoms in total. The van der Waals surface area contributed by atoms with Crippen LogP contribution in [0.1, 0.15) is 6.92 Å². The van der Waals surface area contributed by atoms with E-state index in [1.807, 2.05) is 0 Å². The van der Waals surface area contributed by atoms with Gasteiger partial charge in [0.25, 0.3) is 0 Å². The Labute approximate surface area is 151 Å². The van der Waals surface area contributed by atoms with E-state index in [1.54, 1.807) is 7.11 Å². The van der Waals surface area contributed by atoms with Gasteiger partial charge in [-0.2, -0.15) is 0 Å². The number of hydrogen-bond donors (Lipinski definition) is 0. The first-order valence-electron chi connectivity index (χ1n) is 8.85. The first kappa shape index (κ1) is 22.5. The molecule has 0 amide bonds. The highest BCUT2D eigenvalue weighted by Crippen LogP contribution is 2.34. The van der Waals surface area contributed by atoms with E-state index >= 15 is 0 Å². The van der Waals surface area contributed by atoms with Gasteiger partial charge in [-0.15, -0.1) is 0 Å². The number of methoxy groups -OCH3 is 1. The maximum Gasteiger partial charge on any atom is 0.185 e. The SMILES string of the molecule is COC1OC(C(C)O[Si](C)(C)C)C(O[Si](C)(C)C)C1O[Si](C)(C)C. The highest BCUT2D eigenvalue weighted by molar-refractivity contribution is 6.70. The van der Waals surface area contributed by atoms with E-state index in [0.717, 1.165) is 0 Å². The molecule has 0 bridgehead atoms. The standard InChI is InChI=1S/C16H38O5Si3/c1-12(19-22(3,4)5)13-14(20-23(6,7)8)15(16(17-2)18-13)21-24(9,10)11/h12-16H,1-11H3. The summed E-state index contributed by atoms with van der Waals surface area (Å²) in [5.41, 5.74) is 0. The van der Waals surface area contributed by atoms with Crippen molar-refractivity contribution in [1.29, 1.82) is 0 Å². The van der Waals surface area contributed by atoms with Crippen molar-refractivity contribution < 1.29 is 22.8 Å². The predicted molar refractivity (Wildman–Crippen MR) is 106 cm³/mol. The van der Waals surface area contributed by atoms with Crippen molar-refractivity contribution in [3.8, 4) is 0 Å². The molecule has 1 aliphatic heterocycles. The van der Waals surface area contributed by atoms with E-state index < -0.39 is 31.2 Å². The Kier molecular flexibility index (Phi) is 7.49. The maximum atomic E-state index is 6.50. The van der Waals surface area contributed by atoms with Crippen molar-refractivity contribution >= 4 is 25.0 Å². The summed E-state index contributed by atoms with van der Waals surface area (Å²) in [6.45, 7) is 21.8. The molecule has 0 spiro atoms. The summed E-state index contributed by atoms with van der Waals surface area (Å²) in [5, 5.41) is 0. The number of rotatable bonds is 8. The van der Waals surface area contributed by atoms with Crippen LogP contribution in [0.3, 0.4) is 0 Å². The fraction of sp³-hybridized carbons (Fsp3) is 1.00. The van der Waals surface area contributed by atoms with Crippen molar-refractivity contribution in [2.75, 3.05) is 7.11 Å². The molecule has 0 aromatic carbocycles. The van der Waals surface area contributed by atoms with Crippen LogP contribution in [0.25, 0.3) is 0 Å². The Balaban J connectivity index is 3.07. The van der Waals surface area contributed by atoms with Gasteiger partial charge in [0.15, 0.2) is 31.2 Å². The van der Waals surface area contributed by atoms with Gasteiger partial charge in [0.2, 0.25) is 0 Å².